The van der Waals surface area contributed by atoms with Crippen LogP contribution in [0.5, 0.6) is 0 Å². The molecule has 144 valence electrons. The van der Waals surface area contributed by atoms with E-state index in [1.165, 1.54) is 26.7 Å². The fraction of sp³-hybridized carbons (Fsp3) is 0.409. The Kier molecular flexibility index (Phi) is 6.15. The van der Waals surface area contributed by atoms with E-state index in [4.69, 9.17) is 0 Å². The Hall–Kier alpha value is -1.95. The van der Waals surface area contributed by atoms with Crippen LogP contribution in [0.1, 0.15) is 39.2 Å². The number of aromatic nitrogens is 2. The molecule has 0 radical (unpaired) electrons. The summed E-state index contributed by atoms with van der Waals surface area (Å²) >= 11 is 1.83. The van der Waals surface area contributed by atoms with Gasteiger partial charge in [0, 0.05) is 47.0 Å². The number of pyridine rings is 1. The van der Waals surface area contributed by atoms with Crippen molar-refractivity contribution in [3.63, 3.8) is 0 Å². The van der Waals surface area contributed by atoms with Gasteiger partial charge in [0.1, 0.15) is 5.82 Å². The summed E-state index contributed by atoms with van der Waals surface area (Å²) in [5.41, 5.74) is 4.84. The number of aryl methyl sites for hydroxylation is 3. The minimum Gasteiger partial charge on any atom is -0.392 e. The van der Waals surface area contributed by atoms with Crippen molar-refractivity contribution >= 4 is 11.3 Å². The highest BCUT2D eigenvalue weighted by molar-refractivity contribution is 7.11. The number of hydrogen-bond donors (Lipinski definition) is 1. The SMILES string of the molecule is Cc1ccc(-n2c(C)cc(CN(Cc3ccc(C)s3)CC(C)O)c2C)nc1. The second kappa shape index (κ2) is 8.38. The van der Waals surface area contributed by atoms with Gasteiger partial charge in [-0.05, 0) is 70.0 Å². The van der Waals surface area contributed by atoms with Gasteiger partial charge in [-0.2, -0.15) is 0 Å². The molecular formula is C22H29N3OS. The minimum atomic E-state index is -0.353. The first-order valence-electron chi connectivity index (χ1n) is 9.40. The van der Waals surface area contributed by atoms with Crippen molar-refractivity contribution < 1.29 is 5.11 Å². The standard InChI is InChI=1S/C22H29N3OS/c1-15-6-9-22(23-11-15)25-16(2)10-20(19(25)5)13-24(12-17(3)26)14-21-8-7-18(4)27-21/h6-11,17,26H,12-14H2,1-5H3. The Balaban J connectivity index is 1.85. The maximum Gasteiger partial charge on any atom is 0.136 e. The maximum atomic E-state index is 9.96. The normalized spacial score (nSPS) is 12.7. The van der Waals surface area contributed by atoms with Crippen molar-refractivity contribution in [1.29, 1.82) is 0 Å². The lowest BCUT2D eigenvalue weighted by Crippen LogP contribution is -2.30. The average Bonchev–Trinajstić information content (AvgIpc) is 3.11. The van der Waals surface area contributed by atoms with Gasteiger partial charge in [-0.3, -0.25) is 4.90 Å². The molecule has 0 saturated carbocycles. The number of rotatable bonds is 7. The van der Waals surface area contributed by atoms with E-state index in [0.29, 0.717) is 6.54 Å². The van der Waals surface area contributed by atoms with E-state index in [0.717, 1.165) is 24.5 Å². The average molecular weight is 384 g/mol. The number of thiophene rings is 1. The summed E-state index contributed by atoms with van der Waals surface area (Å²) in [7, 11) is 0. The lowest BCUT2D eigenvalue weighted by atomic mass is 10.2. The monoisotopic (exact) mass is 383 g/mol. The number of hydrogen-bond acceptors (Lipinski definition) is 4. The highest BCUT2D eigenvalue weighted by atomic mass is 32.1. The topological polar surface area (TPSA) is 41.3 Å². The molecule has 0 aliphatic rings. The van der Waals surface area contributed by atoms with Crippen molar-refractivity contribution in [1.82, 2.24) is 14.5 Å². The molecule has 1 N–H and O–H groups in total. The number of aliphatic hydroxyl groups is 1. The summed E-state index contributed by atoms with van der Waals surface area (Å²) in [6.07, 6.45) is 1.56. The Bertz CT molecular complexity index is 893. The molecular weight excluding hydrogens is 354 g/mol. The first-order valence-corrected chi connectivity index (χ1v) is 10.2. The molecule has 0 spiro atoms. The predicted molar refractivity (Wildman–Crippen MR) is 113 cm³/mol. The van der Waals surface area contributed by atoms with Crippen LogP contribution in [-0.2, 0) is 13.1 Å². The molecule has 0 aliphatic carbocycles. The Labute approximate surface area is 166 Å². The summed E-state index contributed by atoms with van der Waals surface area (Å²) < 4.78 is 2.21. The van der Waals surface area contributed by atoms with Crippen molar-refractivity contribution in [2.45, 2.75) is 53.8 Å². The molecule has 3 rings (SSSR count). The second-order valence-electron chi connectivity index (χ2n) is 7.46. The van der Waals surface area contributed by atoms with Crippen LogP contribution >= 0.6 is 11.3 Å². The minimum absolute atomic E-state index is 0.353. The zero-order valence-corrected chi connectivity index (χ0v) is 17.7. The van der Waals surface area contributed by atoms with Crippen molar-refractivity contribution in [2.24, 2.45) is 0 Å². The van der Waals surface area contributed by atoms with Gasteiger partial charge in [0.2, 0.25) is 0 Å². The smallest absolute Gasteiger partial charge is 0.136 e. The van der Waals surface area contributed by atoms with E-state index in [-0.39, 0.29) is 6.10 Å². The van der Waals surface area contributed by atoms with Gasteiger partial charge in [0.25, 0.3) is 0 Å². The summed E-state index contributed by atoms with van der Waals surface area (Å²) in [6.45, 7) is 12.6. The lowest BCUT2D eigenvalue weighted by Gasteiger charge is -2.23. The fourth-order valence-electron chi connectivity index (χ4n) is 3.52. The Morgan fingerprint density at radius 2 is 1.89 bits per heavy atom. The van der Waals surface area contributed by atoms with Gasteiger partial charge in [-0.1, -0.05) is 6.07 Å². The molecule has 0 aromatic carbocycles. The molecule has 3 heterocycles. The van der Waals surface area contributed by atoms with Gasteiger partial charge in [0.15, 0.2) is 0 Å². The molecule has 0 aliphatic heterocycles. The van der Waals surface area contributed by atoms with Crippen LogP contribution in [0.4, 0.5) is 0 Å². The first kappa shape index (κ1) is 19.8. The van der Waals surface area contributed by atoms with E-state index in [2.05, 4.69) is 72.5 Å². The zero-order valence-electron chi connectivity index (χ0n) is 16.9. The summed E-state index contributed by atoms with van der Waals surface area (Å²) in [6, 6.07) is 10.8. The fourth-order valence-corrected chi connectivity index (χ4v) is 4.46. The summed E-state index contributed by atoms with van der Waals surface area (Å²) in [5.74, 6) is 0.956. The van der Waals surface area contributed by atoms with Gasteiger partial charge < -0.3 is 9.67 Å². The van der Waals surface area contributed by atoms with Crippen molar-refractivity contribution in [2.75, 3.05) is 6.54 Å². The molecule has 1 unspecified atom stereocenters. The van der Waals surface area contributed by atoms with Crippen LogP contribution in [0.2, 0.25) is 0 Å². The van der Waals surface area contributed by atoms with Gasteiger partial charge in [0.05, 0.1) is 6.10 Å². The third-order valence-corrected chi connectivity index (χ3v) is 5.74. The van der Waals surface area contributed by atoms with Crippen LogP contribution < -0.4 is 0 Å². The van der Waals surface area contributed by atoms with Gasteiger partial charge >= 0.3 is 0 Å². The van der Waals surface area contributed by atoms with Gasteiger partial charge in [-0.25, -0.2) is 4.98 Å². The zero-order chi connectivity index (χ0) is 19.6. The highest BCUT2D eigenvalue weighted by Gasteiger charge is 2.16. The van der Waals surface area contributed by atoms with E-state index in [9.17, 15) is 5.11 Å². The maximum absolute atomic E-state index is 9.96. The highest BCUT2D eigenvalue weighted by Crippen LogP contribution is 2.23. The lowest BCUT2D eigenvalue weighted by molar-refractivity contribution is 0.118. The van der Waals surface area contributed by atoms with Gasteiger partial charge in [-0.15, -0.1) is 11.3 Å². The second-order valence-corrected chi connectivity index (χ2v) is 8.83. The van der Waals surface area contributed by atoms with Crippen molar-refractivity contribution in [3.05, 3.63) is 68.8 Å². The summed E-state index contributed by atoms with van der Waals surface area (Å²) in [4.78, 5) is 9.58. The molecule has 3 aromatic rings. The molecule has 0 saturated heterocycles. The molecule has 0 amide bonds. The van der Waals surface area contributed by atoms with E-state index in [1.807, 2.05) is 24.5 Å². The largest absolute Gasteiger partial charge is 0.392 e. The molecule has 1 atom stereocenters. The van der Waals surface area contributed by atoms with Crippen LogP contribution in [0.25, 0.3) is 5.82 Å². The summed E-state index contributed by atoms with van der Waals surface area (Å²) in [5, 5.41) is 9.96. The Morgan fingerprint density at radius 1 is 1.11 bits per heavy atom. The quantitative estimate of drug-likeness (QED) is 0.651. The molecule has 4 nitrogen and oxygen atoms in total. The van der Waals surface area contributed by atoms with Crippen LogP contribution in [0.15, 0.2) is 36.5 Å². The third kappa shape index (κ3) is 4.86. The van der Waals surface area contributed by atoms with Crippen LogP contribution in [-0.4, -0.2) is 32.2 Å². The van der Waals surface area contributed by atoms with E-state index < -0.39 is 0 Å². The molecule has 3 aromatic heterocycles. The predicted octanol–water partition coefficient (Wildman–Crippen LogP) is 4.55. The van der Waals surface area contributed by atoms with E-state index in [1.54, 1.807) is 0 Å². The first-order chi connectivity index (χ1) is 12.8. The molecule has 0 bridgehead atoms. The number of nitrogens with zero attached hydrogens (tertiary/aromatic N) is 3. The van der Waals surface area contributed by atoms with E-state index >= 15 is 0 Å². The molecule has 0 fully saturated rings. The molecule has 27 heavy (non-hydrogen) atoms. The van der Waals surface area contributed by atoms with Crippen molar-refractivity contribution in [3.8, 4) is 5.82 Å². The van der Waals surface area contributed by atoms with Crippen LogP contribution in [0.3, 0.4) is 0 Å². The molecule has 5 heteroatoms. The number of aliphatic hydroxyl groups excluding tert-OH is 1. The van der Waals surface area contributed by atoms with Crippen LogP contribution in [0, 0.1) is 27.7 Å². The Morgan fingerprint density at radius 3 is 2.48 bits per heavy atom. The third-order valence-electron chi connectivity index (χ3n) is 4.75.